The quantitative estimate of drug-likeness (QED) is 0.544. The zero-order valence-electron chi connectivity index (χ0n) is 14.1. The van der Waals surface area contributed by atoms with Crippen molar-refractivity contribution in [2.24, 2.45) is 5.73 Å². The van der Waals surface area contributed by atoms with E-state index in [1.165, 1.54) is 0 Å². The summed E-state index contributed by atoms with van der Waals surface area (Å²) in [6.45, 7) is 0. The van der Waals surface area contributed by atoms with Crippen molar-refractivity contribution in [1.29, 1.82) is 0 Å². The fraction of sp³-hybridized carbons (Fsp3) is 0. The van der Waals surface area contributed by atoms with Crippen LogP contribution in [0, 0.1) is 0 Å². The van der Waals surface area contributed by atoms with E-state index in [9.17, 15) is 9.59 Å². The van der Waals surface area contributed by atoms with E-state index < -0.39 is 5.91 Å². The lowest BCUT2D eigenvalue weighted by Crippen LogP contribution is -2.19. The Labute approximate surface area is 152 Å². The van der Waals surface area contributed by atoms with Crippen LogP contribution < -0.4 is 11.1 Å². The van der Waals surface area contributed by atoms with Crippen molar-refractivity contribution < 1.29 is 9.59 Å². The maximum Gasteiger partial charge on any atom is 0.256 e. The van der Waals surface area contributed by atoms with E-state index in [-0.39, 0.29) is 11.5 Å². The van der Waals surface area contributed by atoms with E-state index in [4.69, 9.17) is 5.73 Å². The molecular weight excluding hydrogens is 324 g/mol. The van der Waals surface area contributed by atoms with E-state index in [1.54, 1.807) is 24.3 Å². The van der Waals surface area contributed by atoms with Gasteiger partial charge in [-0.15, -0.1) is 0 Å². The van der Waals surface area contributed by atoms with E-state index in [0.717, 1.165) is 11.1 Å². The maximum atomic E-state index is 13.0. The average Bonchev–Trinajstić information content (AvgIpc) is 2.68. The number of primary amides is 1. The van der Waals surface area contributed by atoms with Crippen LogP contribution in [0.25, 0.3) is 11.6 Å². The third-order valence-electron chi connectivity index (χ3n) is 3.88. The van der Waals surface area contributed by atoms with Crippen LogP contribution >= 0.6 is 0 Å². The first kappa shape index (κ1) is 17.2. The number of hydrogen-bond acceptors (Lipinski definition) is 2. The second-order valence-corrected chi connectivity index (χ2v) is 5.70. The van der Waals surface area contributed by atoms with Crippen molar-refractivity contribution in [2.45, 2.75) is 0 Å². The van der Waals surface area contributed by atoms with Gasteiger partial charge >= 0.3 is 0 Å². The van der Waals surface area contributed by atoms with Crippen LogP contribution in [0.15, 0.2) is 84.9 Å². The van der Waals surface area contributed by atoms with E-state index in [0.29, 0.717) is 11.3 Å². The predicted octanol–water partition coefficient (Wildman–Crippen LogP) is 3.96. The number of hydrogen-bond donors (Lipinski definition) is 2. The molecule has 0 atom stereocenters. The van der Waals surface area contributed by atoms with Gasteiger partial charge in [-0.25, -0.2) is 0 Å². The molecule has 0 fully saturated rings. The zero-order valence-corrected chi connectivity index (χ0v) is 14.1. The molecule has 0 saturated carbocycles. The van der Waals surface area contributed by atoms with Crippen molar-refractivity contribution in [3.8, 4) is 0 Å². The first-order valence-corrected chi connectivity index (χ1v) is 8.17. The highest BCUT2D eigenvalue weighted by Gasteiger charge is 2.15. The number of rotatable bonds is 5. The van der Waals surface area contributed by atoms with Gasteiger partial charge in [-0.05, 0) is 29.3 Å². The fourth-order valence-electron chi connectivity index (χ4n) is 2.61. The molecule has 0 radical (unpaired) electrons. The molecule has 0 aliphatic rings. The zero-order chi connectivity index (χ0) is 18.4. The number of nitrogens with one attached hydrogen (secondary N) is 1. The Bertz CT molecular complexity index is 948. The second kappa shape index (κ2) is 7.94. The third kappa shape index (κ3) is 4.05. The maximum absolute atomic E-state index is 13.0. The van der Waals surface area contributed by atoms with Crippen molar-refractivity contribution >= 4 is 29.2 Å². The Morgan fingerprint density at radius 1 is 0.769 bits per heavy atom. The molecule has 4 nitrogen and oxygen atoms in total. The number of carbonyl (C=O) groups is 2. The first-order valence-electron chi connectivity index (χ1n) is 8.17. The molecule has 3 aromatic rings. The Morgan fingerprint density at radius 2 is 1.35 bits per heavy atom. The van der Waals surface area contributed by atoms with Crippen molar-refractivity contribution in [3.05, 3.63) is 102 Å². The van der Waals surface area contributed by atoms with Gasteiger partial charge in [-0.3, -0.25) is 9.59 Å². The highest BCUT2D eigenvalue weighted by Crippen LogP contribution is 2.22. The lowest BCUT2D eigenvalue weighted by molar-refractivity contribution is -0.111. The fourth-order valence-corrected chi connectivity index (χ4v) is 2.61. The summed E-state index contributed by atoms with van der Waals surface area (Å²) in [6, 6.07) is 25.7. The average molecular weight is 342 g/mol. The molecule has 0 heterocycles. The molecule has 0 unspecified atom stereocenters. The van der Waals surface area contributed by atoms with Crippen molar-refractivity contribution in [3.63, 3.8) is 0 Å². The van der Waals surface area contributed by atoms with Gasteiger partial charge in [0.25, 0.3) is 11.8 Å². The summed E-state index contributed by atoms with van der Waals surface area (Å²) >= 11 is 0. The van der Waals surface area contributed by atoms with Crippen molar-refractivity contribution in [1.82, 2.24) is 0 Å². The van der Waals surface area contributed by atoms with Crippen LogP contribution in [0.5, 0.6) is 0 Å². The SMILES string of the molecule is NC(=O)c1ccccc1NC(=O)/C(=C/c1ccccc1)c1ccccc1. The molecule has 128 valence electrons. The van der Waals surface area contributed by atoms with Gasteiger partial charge in [0.15, 0.2) is 0 Å². The largest absolute Gasteiger partial charge is 0.366 e. The third-order valence-corrected chi connectivity index (χ3v) is 3.88. The molecule has 0 spiro atoms. The Hall–Kier alpha value is -3.66. The number of nitrogens with two attached hydrogens (primary N) is 1. The van der Waals surface area contributed by atoms with Crippen LogP contribution in [0.4, 0.5) is 5.69 Å². The summed E-state index contributed by atoms with van der Waals surface area (Å²) < 4.78 is 0. The number of carbonyl (C=O) groups excluding carboxylic acids is 2. The van der Waals surface area contributed by atoms with Gasteiger partial charge in [-0.1, -0.05) is 72.8 Å². The molecule has 0 aromatic heterocycles. The van der Waals surface area contributed by atoms with Gasteiger partial charge in [0, 0.05) is 5.57 Å². The molecule has 2 amide bonds. The number of amides is 2. The van der Waals surface area contributed by atoms with Gasteiger partial charge in [-0.2, -0.15) is 0 Å². The molecular formula is C22H18N2O2. The van der Waals surface area contributed by atoms with Crippen molar-refractivity contribution in [2.75, 3.05) is 5.32 Å². The molecule has 0 aliphatic carbocycles. The Kier molecular flexibility index (Phi) is 5.25. The van der Waals surface area contributed by atoms with Crippen LogP contribution in [-0.4, -0.2) is 11.8 Å². The molecule has 0 saturated heterocycles. The highest BCUT2D eigenvalue weighted by molar-refractivity contribution is 6.29. The van der Waals surface area contributed by atoms with Gasteiger partial charge < -0.3 is 11.1 Å². The van der Waals surface area contributed by atoms with E-state index in [2.05, 4.69) is 5.32 Å². The smallest absolute Gasteiger partial charge is 0.256 e. The molecule has 26 heavy (non-hydrogen) atoms. The van der Waals surface area contributed by atoms with Crippen LogP contribution in [0.1, 0.15) is 21.5 Å². The summed E-state index contributed by atoms with van der Waals surface area (Å²) in [7, 11) is 0. The number of anilines is 1. The first-order chi connectivity index (χ1) is 12.6. The Morgan fingerprint density at radius 3 is 2.00 bits per heavy atom. The molecule has 0 bridgehead atoms. The standard InChI is InChI=1S/C22H18N2O2/c23-21(25)18-13-7-8-14-20(18)24-22(26)19(17-11-5-2-6-12-17)15-16-9-3-1-4-10-16/h1-15H,(H2,23,25)(H,24,26)/b19-15+. The van der Waals surface area contributed by atoms with E-state index >= 15 is 0 Å². The minimum atomic E-state index is -0.589. The van der Waals surface area contributed by atoms with Crippen LogP contribution in [-0.2, 0) is 4.79 Å². The summed E-state index contributed by atoms with van der Waals surface area (Å²) in [5.74, 6) is -0.900. The minimum Gasteiger partial charge on any atom is -0.366 e. The summed E-state index contributed by atoms with van der Waals surface area (Å²) in [5, 5.41) is 2.80. The van der Waals surface area contributed by atoms with Crippen LogP contribution in [0.2, 0.25) is 0 Å². The number of benzene rings is 3. The Balaban J connectivity index is 1.99. The molecule has 3 rings (SSSR count). The summed E-state index contributed by atoms with van der Waals surface area (Å²) in [4.78, 5) is 24.6. The van der Waals surface area contributed by atoms with Gasteiger partial charge in [0.1, 0.15) is 0 Å². The topological polar surface area (TPSA) is 72.2 Å². The molecule has 0 aliphatic heterocycles. The molecule has 3 N–H and O–H groups in total. The van der Waals surface area contributed by atoms with Crippen LogP contribution in [0.3, 0.4) is 0 Å². The lowest BCUT2D eigenvalue weighted by Gasteiger charge is -2.12. The normalized spacial score (nSPS) is 11.0. The minimum absolute atomic E-state index is 0.271. The lowest BCUT2D eigenvalue weighted by atomic mass is 10.0. The summed E-state index contributed by atoms with van der Waals surface area (Å²) in [6.07, 6.45) is 1.82. The monoisotopic (exact) mass is 342 g/mol. The van der Waals surface area contributed by atoms with Gasteiger partial charge in [0.05, 0.1) is 11.3 Å². The van der Waals surface area contributed by atoms with E-state index in [1.807, 2.05) is 66.7 Å². The predicted molar refractivity (Wildman–Crippen MR) is 104 cm³/mol. The molecule has 4 heteroatoms. The van der Waals surface area contributed by atoms with Gasteiger partial charge in [0.2, 0.25) is 0 Å². The number of para-hydroxylation sites is 1. The summed E-state index contributed by atoms with van der Waals surface area (Å²) in [5.41, 5.74) is 8.24. The highest BCUT2D eigenvalue weighted by atomic mass is 16.2. The second-order valence-electron chi connectivity index (χ2n) is 5.70. The molecule has 3 aromatic carbocycles.